The van der Waals surface area contributed by atoms with Crippen LogP contribution >= 0.6 is 31.9 Å². The molecule has 4 N–H and O–H groups in total. The number of fused-ring (bicyclic) bond motifs is 1. The number of benzene rings is 2. The number of amidine groups is 1. The molecule has 0 saturated carbocycles. The summed E-state index contributed by atoms with van der Waals surface area (Å²) in [6.45, 7) is 0.136. The molecule has 0 aliphatic carbocycles. The van der Waals surface area contributed by atoms with Crippen molar-refractivity contribution in [3.05, 3.63) is 50.4 Å². The number of ether oxygens (including phenoxy) is 3. The molecule has 0 aromatic heterocycles. The van der Waals surface area contributed by atoms with Gasteiger partial charge in [-0.1, -0.05) is 0 Å². The number of carbonyl (C=O) groups excluding carboxylic acids is 1. The van der Waals surface area contributed by atoms with Gasteiger partial charge in [0.25, 0.3) is 10.1 Å². The fourth-order valence-electron chi connectivity index (χ4n) is 1.99. The smallest absolute Gasteiger partial charge is 0.343 e. The summed E-state index contributed by atoms with van der Waals surface area (Å²) >= 11 is 6.63. The van der Waals surface area contributed by atoms with Crippen molar-refractivity contribution in [3.8, 4) is 17.2 Å². The summed E-state index contributed by atoms with van der Waals surface area (Å²) in [6.07, 6.45) is 0.715. The summed E-state index contributed by atoms with van der Waals surface area (Å²) in [5.74, 6) is 0.775. The van der Waals surface area contributed by atoms with Crippen LogP contribution in [0.5, 0.6) is 17.2 Å². The van der Waals surface area contributed by atoms with Gasteiger partial charge >= 0.3 is 5.97 Å². The van der Waals surface area contributed by atoms with Crippen LogP contribution in [-0.4, -0.2) is 37.8 Å². The zero-order valence-electron chi connectivity index (χ0n) is 14.2. The summed E-state index contributed by atoms with van der Waals surface area (Å²) in [5, 5.41) is 7.45. The molecular formula is C16H14Br2N2O7S. The molecule has 0 radical (unpaired) electrons. The Labute approximate surface area is 177 Å². The molecule has 0 spiro atoms. The van der Waals surface area contributed by atoms with Crippen molar-refractivity contribution in [2.24, 2.45) is 5.73 Å². The van der Waals surface area contributed by atoms with Gasteiger partial charge in [-0.15, -0.1) is 0 Å². The molecule has 1 heterocycles. The van der Waals surface area contributed by atoms with Crippen molar-refractivity contribution >= 4 is 53.8 Å². The average Bonchev–Trinajstić information content (AvgIpc) is 3.03. The second-order valence-electron chi connectivity index (χ2n) is 5.37. The van der Waals surface area contributed by atoms with E-state index in [0.29, 0.717) is 43.6 Å². The van der Waals surface area contributed by atoms with Gasteiger partial charge in [0.05, 0.1) is 20.8 Å². The highest BCUT2D eigenvalue weighted by Gasteiger charge is 2.19. The minimum absolute atomic E-state index is 0.0833. The second-order valence-corrected chi connectivity index (χ2v) is 8.55. The lowest BCUT2D eigenvalue weighted by Gasteiger charge is -2.11. The Kier molecular flexibility index (Phi) is 7.04. The molecule has 0 atom stereocenters. The lowest BCUT2D eigenvalue weighted by atomic mass is 10.2. The lowest BCUT2D eigenvalue weighted by Crippen LogP contribution is -2.13. The first-order valence-corrected chi connectivity index (χ1v) is 10.8. The van der Waals surface area contributed by atoms with E-state index in [9.17, 15) is 13.2 Å². The Bertz CT molecular complexity index is 1010. The van der Waals surface area contributed by atoms with E-state index in [2.05, 4.69) is 31.9 Å². The zero-order valence-corrected chi connectivity index (χ0v) is 18.2. The van der Waals surface area contributed by atoms with Crippen molar-refractivity contribution in [1.82, 2.24) is 0 Å². The first-order valence-electron chi connectivity index (χ1n) is 7.33. The summed E-state index contributed by atoms with van der Waals surface area (Å²) < 4.78 is 42.7. The normalized spacial score (nSPS) is 12.0. The molecule has 1 aliphatic heterocycles. The number of rotatable bonds is 3. The second kappa shape index (κ2) is 8.90. The van der Waals surface area contributed by atoms with Crippen molar-refractivity contribution in [2.75, 3.05) is 13.0 Å². The van der Waals surface area contributed by atoms with Gasteiger partial charge in [0, 0.05) is 5.56 Å². The Balaban J connectivity index is 0.000000500. The van der Waals surface area contributed by atoms with Crippen molar-refractivity contribution < 1.29 is 32.0 Å². The van der Waals surface area contributed by atoms with Crippen LogP contribution in [0.4, 0.5) is 0 Å². The average molecular weight is 538 g/mol. The molecule has 2 aromatic carbocycles. The summed E-state index contributed by atoms with van der Waals surface area (Å²) in [5.41, 5.74) is 6.30. The molecular weight excluding hydrogens is 524 g/mol. The Morgan fingerprint density at radius 1 is 1.14 bits per heavy atom. The number of nitrogens with one attached hydrogen (secondary N) is 1. The van der Waals surface area contributed by atoms with Gasteiger partial charge < -0.3 is 19.9 Å². The van der Waals surface area contributed by atoms with Crippen molar-refractivity contribution in [3.63, 3.8) is 0 Å². The van der Waals surface area contributed by atoms with E-state index >= 15 is 0 Å². The first-order chi connectivity index (χ1) is 13.0. The number of nitrogen functional groups attached to an aromatic ring is 1. The van der Waals surface area contributed by atoms with E-state index in [1.54, 1.807) is 30.3 Å². The quantitative estimate of drug-likeness (QED) is 0.178. The number of carbonyl (C=O) groups is 1. The van der Waals surface area contributed by atoms with Crippen LogP contribution in [0.25, 0.3) is 0 Å². The van der Waals surface area contributed by atoms with Crippen molar-refractivity contribution in [1.29, 1.82) is 5.41 Å². The Morgan fingerprint density at radius 3 is 2.21 bits per heavy atom. The van der Waals surface area contributed by atoms with Crippen LogP contribution in [-0.2, 0) is 10.1 Å². The van der Waals surface area contributed by atoms with Gasteiger partial charge in [-0.25, -0.2) is 4.79 Å². The molecule has 150 valence electrons. The number of nitrogens with two attached hydrogens (primary N) is 1. The zero-order chi connectivity index (χ0) is 21.1. The highest BCUT2D eigenvalue weighted by molar-refractivity contribution is 9.11. The molecule has 2 aromatic rings. The van der Waals surface area contributed by atoms with Gasteiger partial charge in [-0.2, -0.15) is 8.42 Å². The molecule has 12 heteroatoms. The van der Waals surface area contributed by atoms with E-state index < -0.39 is 16.1 Å². The maximum absolute atomic E-state index is 12.3. The fourth-order valence-corrected chi connectivity index (χ4v) is 3.34. The topological polar surface area (TPSA) is 149 Å². The van der Waals surface area contributed by atoms with Crippen LogP contribution in [0.1, 0.15) is 15.9 Å². The molecule has 0 unspecified atom stereocenters. The predicted octanol–water partition coefficient (Wildman–Crippen LogP) is 2.95. The molecule has 1 aliphatic rings. The Hall–Kier alpha value is -2.15. The minimum Gasteiger partial charge on any atom is -0.454 e. The van der Waals surface area contributed by atoms with E-state index in [-0.39, 0.29) is 12.6 Å². The van der Waals surface area contributed by atoms with Crippen LogP contribution in [0, 0.1) is 5.41 Å². The van der Waals surface area contributed by atoms with E-state index in [1.165, 1.54) is 0 Å². The third kappa shape index (κ3) is 6.19. The lowest BCUT2D eigenvalue weighted by molar-refractivity contribution is 0.0732. The fraction of sp³-hybridized carbons (Fsp3) is 0.125. The first kappa shape index (κ1) is 22.1. The van der Waals surface area contributed by atoms with Crippen molar-refractivity contribution in [2.45, 2.75) is 0 Å². The summed E-state index contributed by atoms with van der Waals surface area (Å²) in [7, 11) is -3.67. The molecule has 9 nitrogen and oxygen atoms in total. The van der Waals surface area contributed by atoms with E-state index in [0.717, 1.165) is 0 Å². The monoisotopic (exact) mass is 536 g/mol. The van der Waals surface area contributed by atoms with Crippen LogP contribution in [0.2, 0.25) is 0 Å². The van der Waals surface area contributed by atoms with E-state index in [4.69, 9.17) is 29.9 Å². The largest absolute Gasteiger partial charge is 0.454 e. The van der Waals surface area contributed by atoms with Crippen LogP contribution < -0.4 is 19.9 Å². The van der Waals surface area contributed by atoms with Gasteiger partial charge in [-0.3, -0.25) is 9.96 Å². The number of esters is 1. The minimum atomic E-state index is -3.67. The maximum atomic E-state index is 12.3. The third-order valence-corrected chi connectivity index (χ3v) is 4.29. The highest BCUT2D eigenvalue weighted by Crippen LogP contribution is 2.36. The van der Waals surface area contributed by atoms with Crippen LogP contribution in [0.15, 0.2) is 39.3 Å². The SMILES string of the molecule is CS(=O)(=O)O.N=C(N)c1cc(Br)c(OC(=O)c2ccc3c(c2)OCO3)c(Br)c1. The van der Waals surface area contributed by atoms with E-state index in [1.807, 2.05) is 0 Å². The van der Waals surface area contributed by atoms with Gasteiger partial charge in [0.2, 0.25) is 6.79 Å². The molecule has 0 fully saturated rings. The molecule has 3 rings (SSSR count). The molecule has 0 bridgehead atoms. The maximum Gasteiger partial charge on any atom is 0.343 e. The number of hydrogen-bond donors (Lipinski definition) is 3. The molecule has 0 saturated heterocycles. The highest BCUT2D eigenvalue weighted by atomic mass is 79.9. The van der Waals surface area contributed by atoms with Crippen LogP contribution in [0.3, 0.4) is 0 Å². The summed E-state index contributed by atoms with van der Waals surface area (Å²) in [4.78, 5) is 12.3. The molecule has 28 heavy (non-hydrogen) atoms. The van der Waals surface area contributed by atoms with Gasteiger partial charge in [0.15, 0.2) is 17.2 Å². The Morgan fingerprint density at radius 2 is 1.68 bits per heavy atom. The predicted molar refractivity (Wildman–Crippen MR) is 108 cm³/mol. The van der Waals surface area contributed by atoms with Gasteiger partial charge in [0.1, 0.15) is 5.84 Å². The number of halogens is 2. The number of hydrogen-bond acceptors (Lipinski definition) is 7. The van der Waals surface area contributed by atoms with Gasteiger partial charge in [-0.05, 0) is 62.2 Å². The molecule has 0 amide bonds. The summed E-state index contributed by atoms with van der Waals surface area (Å²) in [6, 6.07) is 8.03. The third-order valence-electron chi connectivity index (χ3n) is 3.11. The standard InChI is InChI=1S/C15H10Br2N2O4.CH4O3S/c16-9-3-8(14(18)19)4-10(17)13(9)23-15(20)7-1-2-11-12(5-7)22-6-21-11;1-5(2,3)4/h1-5H,6H2,(H3,18,19);1H3,(H,2,3,4).